The van der Waals surface area contributed by atoms with Crippen LogP contribution in [0.15, 0.2) is 36.9 Å². The number of hydrogen-bond acceptors (Lipinski definition) is 2. The van der Waals surface area contributed by atoms with Crippen LogP contribution in [0, 0.1) is 5.82 Å². The summed E-state index contributed by atoms with van der Waals surface area (Å²) < 4.78 is 18.7. The summed E-state index contributed by atoms with van der Waals surface area (Å²) in [6, 6.07) is 5.80. The lowest BCUT2D eigenvalue weighted by atomic mass is 10.1. The molecule has 0 unspecified atom stereocenters. The van der Waals surface area contributed by atoms with E-state index in [9.17, 15) is 9.18 Å². The van der Waals surface area contributed by atoms with Crippen LogP contribution in [0.3, 0.4) is 0 Å². The molecule has 1 atom stereocenters. The quantitative estimate of drug-likeness (QED) is 0.782. The molecule has 0 radical (unpaired) electrons. The molecule has 3 nitrogen and oxygen atoms in total. The van der Waals surface area contributed by atoms with Crippen molar-refractivity contribution in [2.45, 2.75) is 18.9 Å². The lowest BCUT2D eigenvalue weighted by Gasteiger charge is -2.32. The van der Waals surface area contributed by atoms with Crippen molar-refractivity contribution in [3.8, 4) is 0 Å². The maximum Gasteiger partial charge on any atom is 0.254 e. The number of benzene rings is 1. The summed E-state index contributed by atoms with van der Waals surface area (Å²) in [5, 5.41) is 0. The summed E-state index contributed by atoms with van der Waals surface area (Å²) in [5.41, 5.74) is 0.393. The highest BCUT2D eigenvalue weighted by Crippen LogP contribution is 2.16. The number of amides is 1. The van der Waals surface area contributed by atoms with E-state index in [-0.39, 0.29) is 17.8 Å². The van der Waals surface area contributed by atoms with Gasteiger partial charge in [0.15, 0.2) is 0 Å². The number of hydrogen-bond donors (Lipinski definition) is 0. The first-order valence-electron chi connectivity index (χ1n) is 6.48. The predicted molar refractivity (Wildman–Crippen MR) is 71.5 cm³/mol. The van der Waals surface area contributed by atoms with Crippen molar-refractivity contribution < 1.29 is 13.9 Å². The van der Waals surface area contributed by atoms with Crippen LogP contribution in [0.4, 0.5) is 4.39 Å². The minimum absolute atomic E-state index is 0.0456. The maximum atomic E-state index is 13.1. The van der Waals surface area contributed by atoms with Gasteiger partial charge in [-0.3, -0.25) is 4.79 Å². The van der Waals surface area contributed by atoms with Crippen molar-refractivity contribution in [2.24, 2.45) is 0 Å². The van der Waals surface area contributed by atoms with E-state index in [1.54, 1.807) is 23.1 Å². The van der Waals surface area contributed by atoms with Gasteiger partial charge in [0.05, 0.1) is 12.7 Å². The molecule has 1 aromatic rings. The molecule has 2 rings (SSSR count). The van der Waals surface area contributed by atoms with Gasteiger partial charge in [0.1, 0.15) is 5.82 Å². The van der Waals surface area contributed by atoms with Gasteiger partial charge in [0.2, 0.25) is 0 Å². The van der Waals surface area contributed by atoms with E-state index in [0.29, 0.717) is 25.3 Å². The van der Waals surface area contributed by atoms with Crippen molar-refractivity contribution in [3.63, 3.8) is 0 Å². The van der Waals surface area contributed by atoms with Gasteiger partial charge < -0.3 is 9.64 Å². The van der Waals surface area contributed by atoms with Gasteiger partial charge in [0, 0.05) is 18.7 Å². The Labute approximate surface area is 112 Å². The lowest BCUT2D eigenvalue weighted by molar-refractivity contribution is 0.0134. The van der Waals surface area contributed by atoms with Crippen molar-refractivity contribution in [2.75, 3.05) is 19.7 Å². The lowest BCUT2D eigenvalue weighted by Crippen LogP contribution is -2.43. The highest BCUT2D eigenvalue weighted by atomic mass is 19.1. The van der Waals surface area contributed by atoms with Gasteiger partial charge in [-0.15, -0.1) is 6.58 Å². The van der Waals surface area contributed by atoms with Crippen LogP contribution in [0.25, 0.3) is 0 Å². The standard InChI is InChI=1S/C15H18FNO2/c1-2-9-19-14-7-4-8-17(11-14)15(18)12-5-3-6-13(16)10-12/h2-3,5-6,10,14H,1,4,7-9,11H2/t14-/m0/s1. The van der Waals surface area contributed by atoms with Gasteiger partial charge in [0.25, 0.3) is 5.91 Å². The second-order valence-corrected chi connectivity index (χ2v) is 4.65. The largest absolute Gasteiger partial charge is 0.372 e. The second-order valence-electron chi connectivity index (χ2n) is 4.65. The zero-order chi connectivity index (χ0) is 13.7. The van der Waals surface area contributed by atoms with Crippen LogP contribution in [0.1, 0.15) is 23.2 Å². The van der Waals surface area contributed by atoms with Crippen LogP contribution >= 0.6 is 0 Å². The molecule has 1 aliphatic rings. The van der Waals surface area contributed by atoms with Crippen molar-refractivity contribution in [3.05, 3.63) is 48.3 Å². The molecule has 19 heavy (non-hydrogen) atoms. The van der Waals surface area contributed by atoms with E-state index in [4.69, 9.17) is 4.74 Å². The number of ether oxygens (including phenoxy) is 1. The highest BCUT2D eigenvalue weighted by Gasteiger charge is 2.24. The second kappa shape index (κ2) is 6.48. The summed E-state index contributed by atoms with van der Waals surface area (Å²) in [6.45, 7) is 5.36. The average molecular weight is 263 g/mol. The third-order valence-electron chi connectivity index (χ3n) is 3.19. The van der Waals surface area contributed by atoms with Gasteiger partial charge in [-0.1, -0.05) is 12.1 Å². The molecule has 1 amide bonds. The Hall–Kier alpha value is -1.68. The molecule has 0 N–H and O–H groups in total. The van der Waals surface area contributed by atoms with Crippen LogP contribution < -0.4 is 0 Å². The summed E-state index contributed by atoms with van der Waals surface area (Å²) in [6.07, 6.45) is 3.60. The molecule has 0 aliphatic carbocycles. The topological polar surface area (TPSA) is 29.5 Å². The first-order chi connectivity index (χ1) is 9.20. The summed E-state index contributed by atoms with van der Waals surface area (Å²) in [5.74, 6) is -0.520. The molecule has 0 aromatic heterocycles. The fraction of sp³-hybridized carbons (Fsp3) is 0.400. The average Bonchev–Trinajstić information content (AvgIpc) is 2.44. The summed E-state index contributed by atoms with van der Waals surface area (Å²) in [7, 11) is 0. The smallest absolute Gasteiger partial charge is 0.254 e. The number of likely N-dealkylation sites (tertiary alicyclic amines) is 1. The molecular formula is C15H18FNO2. The van der Waals surface area contributed by atoms with E-state index in [1.807, 2.05) is 0 Å². The van der Waals surface area contributed by atoms with Crippen molar-refractivity contribution in [1.82, 2.24) is 4.90 Å². The van der Waals surface area contributed by atoms with Crippen LogP contribution in [0.5, 0.6) is 0 Å². The van der Waals surface area contributed by atoms with E-state index < -0.39 is 0 Å². The minimum atomic E-state index is -0.387. The first kappa shape index (κ1) is 13.7. The third-order valence-corrected chi connectivity index (χ3v) is 3.19. The molecule has 1 aliphatic heterocycles. The number of halogens is 1. The Morgan fingerprint density at radius 2 is 2.42 bits per heavy atom. The fourth-order valence-corrected chi connectivity index (χ4v) is 2.27. The first-order valence-corrected chi connectivity index (χ1v) is 6.48. The van der Waals surface area contributed by atoms with Gasteiger partial charge in [-0.25, -0.2) is 4.39 Å². The zero-order valence-corrected chi connectivity index (χ0v) is 10.8. The van der Waals surface area contributed by atoms with Gasteiger partial charge in [-0.05, 0) is 31.0 Å². The minimum Gasteiger partial charge on any atom is -0.372 e. The monoisotopic (exact) mass is 263 g/mol. The molecule has 1 saturated heterocycles. The molecule has 1 aromatic carbocycles. The Morgan fingerprint density at radius 3 is 3.16 bits per heavy atom. The fourth-order valence-electron chi connectivity index (χ4n) is 2.27. The Morgan fingerprint density at radius 1 is 1.58 bits per heavy atom. The Kier molecular flexibility index (Phi) is 4.68. The molecular weight excluding hydrogens is 245 g/mol. The molecule has 1 fully saturated rings. The zero-order valence-electron chi connectivity index (χ0n) is 10.8. The summed E-state index contributed by atoms with van der Waals surface area (Å²) in [4.78, 5) is 14.0. The van der Waals surface area contributed by atoms with E-state index in [1.165, 1.54) is 12.1 Å². The SMILES string of the molecule is C=CCO[C@H]1CCCN(C(=O)c2cccc(F)c2)C1. The normalized spacial score (nSPS) is 19.2. The predicted octanol–water partition coefficient (Wildman–Crippen LogP) is 2.63. The molecule has 0 bridgehead atoms. The highest BCUT2D eigenvalue weighted by molar-refractivity contribution is 5.94. The van der Waals surface area contributed by atoms with Gasteiger partial charge in [-0.2, -0.15) is 0 Å². The summed E-state index contributed by atoms with van der Waals surface area (Å²) >= 11 is 0. The third kappa shape index (κ3) is 3.64. The number of carbonyl (C=O) groups excluding carboxylic acids is 1. The number of carbonyl (C=O) groups is 1. The number of nitrogens with zero attached hydrogens (tertiary/aromatic N) is 1. The molecule has 4 heteroatoms. The van der Waals surface area contributed by atoms with Crippen molar-refractivity contribution >= 4 is 5.91 Å². The van der Waals surface area contributed by atoms with Crippen LogP contribution in [-0.4, -0.2) is 36.6 Å². The molecule has 0 spiro atoms. The Balaban J connectivity index is 2.00. The maximum absolute atomic E-state index is 13.1. The van der Waals surface area contributed by atoms with Crippen molar-refractivity contribution in [1.29, 1.82) is 0 Å². The number of rotatable bonds is 4. The molecule has 102 valence electrons. The van der Waals surface area contributed by atoms with Gasteiger partial charge >= 0.3 is 0 Å². The van der Waals surface area contributed by atoms with Crippen LogP contribution in [0.2, 0.25) is 0 Å². The number of piperidine rings is 1. The molecule has 1 heterocycles. The van der Waals surface area contributed by atoms with E-state index >= 15 is 0 Å². The van der Waals surface area contributed by atoms with Crippen LogP contribution in [-0.2, 0) is 4.74 Å². The van der Waals surface area contributed by atoms with E-state index in [2.05, 4.69) is 6.58 Å². The Bertz CT molecular complexity index is 461. The molecule has 0 saturated carbocycles. The van der Waals surface area contributed by atoms with E-state index in [0.717, 1.165) is 12.8 Å².